The van der Waals surface area contributed by atoms with Gasteiger partial charge in [0.1, 0.15) is 6.61 Å². The molecule has 0 bridgehead atoms. The summed E-state index contributed by atoms with van der Waals surface area (Å²) in [6.07, 6.45) is 1.85. The molecule has 2 aromatic carbocycles. The van der Waals surface area contributed by atoms with Crippen molar-refractivity contribution in [1.29, 1.82) is 0 Å². The number of aromatic nitrogens is 5. The first-order chi connectivity index (χ1) is 13.7. The highest BCUT2D eigenvalue weighted by atomic mass is 35.5. The van der Waals surface area contributed by atoms with E-state index < -0.39 is 0 Å². The lowest BCUT2D eigenvalue weighted by Gasteiger charge is -2.09. The molecule has 5 rings (SSSR count). The first-order valence-electron chi connectivity index (χ1n) is 9.07. The summed E-state index contributed by atoms with van der Waals surface area (Å²) < 4.78 is 10.1. The van der Waals surface area contributed by atoms with Gasteiger partial charge in [0.2, 0.25) is 0 Å². The van der Waals surface area contributed by atoms with E-state index in [9.17, 15) is 0 Å². The summed E-state index contributed by atoms with van der Waals surface area (Å²) in [4.78, 5) is 4.49. The summed E-state index contributed by atoms with van der Waals surface area (Å²) in [5.41, 5.74) is 5.16. The average Bonchev–Trinajstić information content (AvgIpc) is 3.23. The molecule has 1 aliphatic heterocycles. The van der Waals surface area contributed by atoms with E-state index in [1.54, 1.807) is 0 Å². The zero-order valence-corrected chi connectivity index (χ0v) is 16.1. The largest absolute Gasteiger partial charge is 0.369 e. The number of rotatable bonds is 4. The molecule has 0 radical (unpaired) electrons. The smallest absolute Gasteiger partial charge is 0.166 e. The van der Waals surface area contributed by atoms with Crippen molar-refractivity contribution in [2.45, 2.75) is 26.7 Å². The lowest BCUT2D eigenvalue weighted by molar-refractivity contribution is 0.0994. The summed E-state index contributed by atoms with van der Waals surface area (Å²) >= 11 is 6.28. The Morgan fingerprint density at radius 3 is 2.79 bits per heavy atom. The molecule has 0 atom stereocenters. The summed E-state index contributed by atoms with van der Waals surface area (Å²) in [7, 11) is 0. The van der Waals surface area contributed by atoms with Crippen LogP contribution in [0.15, 0.2) is 54.9 Å². The fourth-order valence-electron chi connectivity index (χ4n) is 3.55. The molecule has 0 aliphatic carbocycles. The Hall–Kier alpha value is -2.96. The fraction of sp³-hybridized carbons (Fsp3) is 0.190. The van der Waals surface area contributed by atoms with Gasteiger partial charge in [0, 0.05) is 10.6 Å². The lowest BCUT2D eigenvalue weighted by atomic mass is 10.1. The summed E-state index contributed by atoms with van der Waals surface area (Å²) in [6.45, 7) is 3.56. The number of aryl methyl sites for hydroxylation is 1. The molecule has 1 aliphatic rings. The van der Waals surface area contributed by atoms with Crippen LogP contribution in [-0.4, -0.2) is 24.3 Å². The van der Waals surface area contributed by atoms with E-state index in [-0.39, 0.29) is 0 Å². The predicted molar refractivity (Wildman–Crippen MR) is 106 cm³/mol. The summed E-state index contributed by atoms with van der Waals surface area (Å²) in [6, 6.07) is 15.9. The van der Waals surface area contributed by atoms with Crippen LogP contribution in [0.3, 0.4) is 0 Å². The highest BCUT2D eigenvalue weighted by Crippen LogP contribution is 2.34. The maximum atomic E-state index is 6.28. The van der Waals surface area contributed by atoms with Crippen LogP contribution >= 0.6 is 11.6 Å². The van der Waals surface area contributed by atoms with Gasteiger partial charge in [-0.25, -0.2) is 4.98 Å². The van der Waals surface area contributed by atoms with E-state index in [4.69, 9.17) is 16.3 Å². The molecule has 6 nitrogen and oxygen atoms in total. The second-order valence-electron chi connectivity index (χ2n) is 6.81. The van der Waals surface area contributed by atoms with E-state index in [0.29, 0.717) is 24.8 Å². The maximum Gasteiger partial charge on any atom is 0.166 e. The number of fused-ring (bicyclic) bond motifs is 5. The molecule has 28 heavy (non-hydrogen) atoms. The van der Waals surface area contributed by atoms with Gasteiger partial charge in [-0.2, -0.15) is 0 Å². The molecule has 4 aromatic rings. The van der Waals surface area contributed by atoms with Crippen molar-refractivity contribution in [2.75, 3.05) is 0 Å². The molecule has 2 aromatic heterocycles. The molecule has 0 amide bonds. The van der Waals surface area contributed by atoms with E-state index >= 15 is 0 Å². The molecule has 0 fully saturated rings. The topological polar surface area (TPSA) is 57.8 Å². The van der Waals surface area contributed by atoms with Crippen LogP contribution in [0.5, 0.6) is 0 Å². The maximum absolute atomic E-state index is 6.28. The van der Waals surface area contributed by atoms with Crippen LogP contribution in [0.1, 0.15) is 22.8 Å². The van der Waals surface area contributed by atoms with Gasteiger partial charge in [-0.05, 0) is 30.7 Å². The third kappa shape index (κ3) is 2.91. The van der Waals surface area contributed by atoms with E-state index in [0.717, 1.165) is 39.9 Å². The number of nitrogens with zero attached hydrogens (tertiary/aromatic N) is 5. The van der Waals surface area contributed by atoms with Crippen molar-refractivity contribution in [3.8, 4) is 17.1 Å². The van der Waals surface area contributed by atoms with Gasteiger partial charge in [-0.15, -0.1) is 10.2 Å². The van der Waals surface area contributed by atoms with Gasteiger partial charge >= 0.3 is 0 Å². The SMILES string of the molecule is Cc1ncn2c1Cn1c(COCc3ccccc3)nnc1-c1cc(Cl)ccc1-2. The zero-order valence-electron chi connectivity index (χ0n) is 15.3. The molecule has 0 saturated heterocycles. The molecule has 3 heterocycles. The van der Waals surface area contributed by atoms with Gasteiger partial charge in [0.15, 0.2) is 11.6 Å². The quantitative estimate of drug-likeness (QED) is 0.461. The van der Waals surface area contributed by atoms with Crippen molar-refractivity contribution in [2.24, 2.45) is 0 Å². The van der Waals surface area contributed by atoms with Crippen LogP contribution in [0.2, 0.25) is 5.02 Å². The van der Waals surface area contributed by atoms with Gasteiger partial charge in [0.05, 0.1) is 36.6 Å². The summed E-state index contributed by atoms with van der Waals surface area (Å²) in [5, 5.41) is 9.52. The van der Waals surface area contributed by atoms with Gasteiger partial charge < -0.3 is 13.9 Å². The van der Waals surface area contributed by atoms with Crippen LogP contribution in [0.25, 0.3) is 17.1 Å². The Bertz CT molecular complexity index is 1150. The Morgan fingerprint density at radius 2 is 1.93 bits per heavy atom. The average molecular weight is 392 g/mol. The van der Waals surface area contributed by atoms with Gasteiger partial charge in [0.25, 0.3) is 0 Å². The molecule has 0 unspecified atom stereocenters. The van der Waals surface area contributed by atoms with Crippen molar-refractivity contribution in [3.05, 3.63) is 82.7 Å². The standard InChI is InChI=1S/C21H18ClN5O/c1-14-19-10-26-20(12-28-11-15-5-3-2-4-6-15)24-25-21(26)17-9-16(22)7-8-18(17)27(19)13-23-14/h2-9,13H,10-12H2,1H3. The van der Waals surface area contributed by atoms with E-state index in [2.05, 4.69) is 24.3 Å². The first kappa shape index (κ1) is 17.2. The molecule has 0 saturated carbocycles. The fourth-order valence-corrected chi connectivity index (χ4v) is 3.72. The minimum absolute atomic E-state index is 0.380. The number of halogens is 1. The van der Waals surface area contributed by atoms with Crippen LogP contribution in [0, 0.1) is 6.92 Å². The Labute approximate surface area is 167 Å². The minimum Gasteiger partial charge on any atom is -0.369 e. The number of benzene rings is 2. The number of imidazole rings is 1. The second kappa shape index (κ2) is 6.89. The minimum atomic E-state index is 0.380. The van der Waals surface area contributed by atoms with Gasteiger partial charge in [-0.1, -0.05) is 41.9 Å². The summed E-state index contributed by atoms with van der Waals surface area (Å²) in [5.74, 6) is 1.57. The highest BCUT2D eigenvalue weighted by molar-refractivity contribution is 6.31. The zero-order chi connectivity index (χ0) is 19.1. The highest BCUT2D eigenvalue weighted by Gasteiger charge is 2.25. The Balaban J connectivity index is 1.52. The third-order valence-corrected chi connectivity index (χ3v) is 5.25. The van der Waals surface area contributed by atoms with Crippen LogP contribution in [0.4, 0.5) is 0 Å². The molecule has 140 valence electrons. The molecular formula is C21H18ClN5O. The monoisotopic (exact) mass is 391 g/mol. The van der Waals surface area contributed by atoms with Crippen molar-refractivity contribution in [1.82, 2.24) is 24.3 Å². The number of ether oxygens (including phenoxy) is 1. The third-order valence-electron chi connectivity index (χ3n) is 5.01. The molecular weight excluding hydrogens is 374 g/mol. The molecule has 0 N–H and O–H groups in total. The van der Waals surface area contributed by atoms with Crippen molar-refractivity contribution in [3.63, 3.8) is 0 Å². The lowest BCUT2D eigenvalue weighted by Crippen LogP contribution is -2.09. The van der Waals surface area contributed by atoms with Crippen LogP contribution in [-0.2, 0) is 24.5 Å². The second-order valence-corrected chi connectivity index (χ2v) is 7.25. The van der Waals surface area contributed by atoms with Crippen LogP contribution < -0.4 is 0 Å². The predicted octanol–water partition coefficient (Wildman–Crippen LogP) is 4.17. The van der Waals surface area contributed by atoms with E-state index in [1.807, 2.05) is 61.8 Å². The van der Waals surface area contributed by atoms with E-state index in [1.165, 1.54) is 0 Å². The number of hydrogen-bond donors (Lipinski definition) is 0. The first-order valence-corrected chi connectivity index (χ1v) is 9.45. The normalized spacial score (nSPS) is 12.2. The number of hydrogen-bond acceptors (Lipinski definition) is 4. The molecule has 0 spiro atoms. The molecule has 7 heteroatoms. The Kier molecular flexibility index (Phi) is 4.22. The van der Waals surface area contributed by atoms with Crippen molar-refractivity contribution >= 4 is 11.6 Å². The van der Waals surface area contributed by atoms with Crippen molar-refractivity contribution < 1.29 is 4.74 Å². The van der Waals surface area contributed by atoms with Gasteiger partial charge in [-0.3, -0.25) is 0 Å². The Morgan fingerprint density at radius 1 is 1.07 bits per heavy atom.